The molecule has 0 aromatic heterocycles. The molecule has 0 aliphatic rings. The van der Waals surface area contributed by atoms with Crippen LogP contribution in [-0.4, -0.2) is 17.9 Å². The zero-order chi connectivity index (χ0) is 14.4. The number of ketones is 1. The summed E-state index contributed by atoms with van der Waals surface area (Å²) in [5.41, 5.74) is 0.579. The molecule has 0 saturated heterocycles. The minimum atomic E-state index is -0.624. The van der Waals surface area contributed by atoms with E-state index >= 15 is 0 Å². The smallest absolute Gasteiger partial charge is 0.313 e. The van der Waals surface area contributed by atoms with Crippen molar-refractivity contribution < 1.29 is 14.3 Å². The van der Waals surface area contributed by atoms with Crippen LogP contribution >= 0.6 is 0 Å². The number of esters is 1. The van der Waals surface area contributed by atoms with E-state index in [2.05, 4.69) is 0 Å². The van der Waals surface area contributed by atoms with Crippen LogP contribution in [0, 0.1) is 22.7 Å². The van der Waals surface area contributed by atoms with E-state index in [0.29, 0.717) is 0 Å². The van der Waals surface area contributed by atoms with E-state index in [0.717, 1.165) is 0 Å². The zero-order valence-corrected chi connectivity index (χ0v) is 10.6. The largest absolute Gasteiger partial charge is 0.463 e. The summed E-state index contributed by atoms with van der Waals surface area (Å²) in [4.78, 5) is 23.2. The van der Waals surface area contributed by atoms with Gasteiger partial charge < -0.3 is 4.74 Å². The fourth-order valence-electron chi connectivity index (χ4n) is 1.46. The number of nitriles is 2. The van der Waals surface area contributed by atoms with Crippen LogP contribution in [0.1, 0.15) is 41.8 Å². The zero-order valence-electron chi connectivity index (χ0n) is 10.6. The molecule has 0 radical (unpaired) electrons. The molecular formula is C14H12N2O3. The van der Waals surface area contributed by atoms with E-state index < -0.39 is 18.2 Å². The van der Waals surface area contributed by atoms with Gasteiger partial charge in [-0.25, -0.2) is 0 Å². The van der Waals surface area contributed by atoms with Gasteiger partial charge >= 0.3 is 5.97 Å². The molecule has 0 fully saturated rings. The molecule has 0 N–H and O–H groups in total. The molecule has 1 aromatic carbocycles. The molecule has 19 heavy (non-hydrogen) atoms. The van der Waals surface area contributed by atoms with Gasteiger partial charge in [-0.15, -0.1) is 0 Å². The van der Waals surface area contributed by atoms with Gasteiger partial charge in [0.25, 0.3) is 0 Å². The Labute approximate surface area is 111 Å². The summed E-state index contributed by atoms with van der Waals surface area (Å²) in [5.74, 6) is -1.10. The third-order valence-electron chi connectivity index (χ3n) is 2.19. The summed E-state index contributed by atoms with van der Waals surface area (Å²) in [6.45, 7) is 3.37. The second-order valence-electron chi connectivity index (χ2n) is 4.16. The highest BCUT2D eigenvalue weighted by atomic mass is 16.5. The van der Waals surface area contributed by atoms with Gasteiger partial charge in [0.2, 0.25) is 0 Å². The number of carbonyl (C=O) groups excluding carboxylic acids is 2. The van der Waals surface area contributed by atoms with E-state index in [9.17, 15) is 9.59 Å². The van der Waals surface area contributed by atoms with Gasteiger partial charge in [0, 0.05) is 5.56 Å². The molecule has 0 aliphatic heterocycles. The monoisotopic (exact) mass is 256 g/mol. The fourth-order valence-corrected chi connectivity index (χ4v) is 1.46. The minimum absolute atomic E-state index is 0.163. The molecule has 5 heteroatoms. The van der Waals surface area contributed by atoms with Crippen molar-refractivity contribution in [3.05, 3.63) is 34.9 Å². The fraction of sp³-hybridized carbons (Fsp3) is 0.286. The van der Waals surface area contributed by atoms with Crippen LogP contribution in [0.25, 0.3) is 0 Å². The van der Waals surface area contributed by atoms with Crippen LogP contribution in [0.15, 0.2) is 18.2 Å². The molecule has 0 amide bonds. The Morgan fingerprint density at radius 1 is 1.16 bits per heavy atom. The minimum Gasteiger partial charge on any atom is -0.463 e. The lowest BCUT2D eigenvalue weighted by Crippen LogP contribution is -2.15. The van der Waals surface area contributed by atoms with E-state index in [1.165, 1.54) is 18.2 Å². The first-order valence-electron chi connectivity index (χ1n) is 5.64. The molecular weight excluding hydrogens is 244 g/mol. The second kappa shape index (κ2) is 6.32. The first kappa shape index (κ1) is 14.4. The summed E-state index contributed by atoms with van der Waals surface area (Å²) < 4.78 is 4.87. The highest BCUT2D eigenvalue weighted by molar-refractivity contribution is 6.06. The summed E-state index contributed by atoms with van der Waals surface area (Å²) in [7, 11) is 0. The maximum Gasteiger partial charge on any atom is 0.313 e. The number of benzene rings is 1. The van der Waals surface area contributed by atoms with Crippen molar-refractivity contribution in [3.63, 3.8) is 0 Å². The van der Waals surface area contributed by atoms with Crippen LogP contribution in [0.2, 0.25) is 0 Å². The van der Waals surface area contributed by atoms with Crippen molar-refractivity contribution in [1.82, 2.24) is 0 Å². The van der Waals surface area contributed by atoms with Crippen LogP contribution in [0.5, 0.6) is 0 Å². The average molecular weight is 256 g/mol. The molecule has 96 valence electrons. The Kier molecular flexibility index (Phi) is 4.79. The molecule has 0 bridgehead atoms. The average Bonchev–Trinajstić information content (AvgIpc) is 2.36. The first-order chi connectivity index (χ1) is 8.96. The Morgan fingerprint density at radius 2 is 1.68 bits per heavy atom. The molecule has 0 heterocycles. The molecule has 1 aromatic rings. The summed E-state index contributed by atoms with van der Waals surface area (Å²) >= 11 is 0. The SMILES string of the molecule is CC(C)OC(=O)CC(=O)c1cc(C#N)cc(C#N)c1. The maximum atomic E-state index is 11.9. The highest BCUT2D eigenvalue weighted by Gasteiger charge is 2.15. The quantitative estimate of drug-likeness (QED) is 0.466. The van der Waals surface area contributed by atoms with Crippen LogP contribution < -0.4 is 0 Å². The predicted molar refractivity (Wildman–Crippen MR) is 66.0 cm³/mol. The molecule has 0 aliphatic carbocycles. The molecule has 5 nitrogen and oxygen atoms in total. The third-order valence-corrected chi connectivity index (χ3v) is 2.19. The molecule has 0 unspecified atom stereocenters. The van der Waals surface area contributed by atoms with Crippen LogP contribution in [0.4, 0.5) is 0 Å². The number of nitrogens with zero attached hydrogens (tertiary/aromatic N) is 2. The van der Waals surface area contributed by atoms with E-state index in [1.54, 1.807) is 13.8 Å². The van der Waals surface area contributed by atoms with Crippen molar-refractivity contribution >= 4 is 11.8 Å². The van der Waals surface area contributed by atoms with Crippen LogP contribution in [-0.2, 0) is 9.53 Å². The predicted octanol–water partition coefficient (Wildman–Crippen LogP) is 1.95. The van der Waals surface area contributed by atoms with E-state index in [1.807, 2.05) is 12.1 Å². The Bertz CT molecular complexity index is 559. The van der Waals surface area contributed by atoms with E-state index in [-0.39, 0.29) is 22.8 Å². The second-order valence-corrected chi connectivity index (χ2v) is 4.16. The van der Waals surface area contributed by atoms with Gasteiger partial charge in [0.15, 0.2) is 5.78 Å². The number of ether oxygens (including phenoxy) is 1. The van der Waals surface area contributed by atoms with Crippen molar-refractivity contribution in [2.24, 2.45) is 0 Å². The standard InChI is InChI=1S/C14H12N2O3/c1-9(2)19-14(18)6-13(17)12-4-10(7-15)3-11(5-12)8-16/h3-5,9H,6H2,1-2H3. The molecule has 0 saturated carbocycles. The summed E-state index contributed by atoms with van der Waals surface area (Å²) in [6.07, 6.45) is -0.696. The molecule has 0 spiro atoms. The van der Waals surface area contributed by atoms with Gasteiger partial charge in [-0.2, -0.15) is 10.5 Å². The maximum absolute atomic E-state index is 11.9. The van der Waals surface area contributed by atoms with Gasteiger partial charge in [-0.3, -0.25) is 9.59 Å². The van der Waals surface area contributed by atoms with Crippen molar-refractivity contribution in [1.29, 1.82) is 10.5 Å². The summed E-state index contributed by atoms with van der Waals surface area (Å²) in [5, 5.41) is 17.6. The topological polar surface area (TPSA) is 90.9 Å². The number of Topliss-reactive ketones (excluding diaryl/α,β-unsaturated/α-hetero) is 1. The van der Waals surface area contributed by atoms with Crippen molar-refractivity contribution in [2.75, 3.05) is 0 Å². The third kappa shape index (κ3) is 4.25. The lowest BCUT2D eigenvalue weighted by molar-refractivity contribution is -0.146. The van der Waals surface area contributed by atoms with Crippen LogP contribution in [0.3, 0.4) is 0 Å². The summed E-state index contributed by atoms with van der Waals surface area (Å²) in [6, 6.07) is 7.81. The molecule has 0 atom stereocenters. The van der Waals surface area contributed by atoms with Crippen molar-refractivity contribution in [2.45, 2.75) is 26.4 Å². The molecule has 1 rings (SSSR count). The Morgan fingerprint density at radius 3 is 2.11 bits per heavy atom. The number of hydrogen-bond donors (Lipinski definition) is 0. The highest BCUT2D eigenvalue weighted by Crippen LogP contribution is 2.12. The normalized spacial score (nSPS) is 9.53. The van der Waals surface area contributed by atoms with Gasteiger partial charge in [0.05, 0.1) is 29.4 Å². The number of hydrogen-bond acceptors (Lipinski definition) is 5. The Balaban J connectivity index is 2.92. The van der Waals surface area contributed by atoms with Gasteiger partial charge in [-0.1, -0.05) is 0 Å². The van der Waals surface area contributed by atoms with Crippen molar-refractivity contribution in [3.8, 4) is 12.1 Å². The number of carbonyl (C=O) groups is 2. The lowest BCUT2D eigenvalue weighted by Gasteiger charge is -2.07. The lowest BCUT2D eigenvalue weighted by atomic mass is 10.0. The van der Waals surface area contributed by atoms with E-state index in [4.69, 9.17) is 15.3 Å². The first-order valence-corrected chi connectivity index (χ1v) is 5.64. The Hall–Kier alpha value is -2.66. The van der Waals surface area contributed by atoms with Gasteiger partial charge in [-0.05, 0) is 32.0 Å². The van der Waals surface area contributed by atoms with Gasteiger partial charge in [0.1, 0.15) is 6.42 Å². The number of rotatable bonds is 4.